The zero-order valence-corrected chi connectivity index (χ0v) is 15.3. The molecule has 0 aliphatic rings. The van der Waals surface area contributed by atoms with E-state index in [4.69, 9.17) is 4.74 Å². The predicted octanol–water partition coefficient (Wildman–Crippen LogP) is 3.96. The summed E-state index contributed by atoms with van der Waals surface area (Å²) in [4.78, 5) is 28.5. The minimum absolute atomic E-state index is 0.0860. The Balaban J connectivity index is 1.81. The summed E-state index contributed by atoms with van der Waals surface area (Å²) in [6.45, 7) is 0. The number of alkyl halides is 3. The number of halogens is 3. The Morgan fingerprint density at radius 1 is 1.00 bits per heavy atom. The summed E-state index contributed by atoms with van der Waals surface area (Å²) < 4.78 is 45.4. The van der Waals surface area contributed by atoms with Gasteiger partial charge >= 0.3 is 16.6 Å². The molecule has 0 radical (unpaired) electrons. The van der Waals surface area contributed by atoms with Crippen LogP contribution in [0.4, 0.5) is 18.9 Å². The molecule has 0 aliphatic heterocycles. The first-order chi connectivity index (χ1) is 12.7. The van der Waals surface area contributed by atoms with E-state index in [1.165, 1.54) is 31.4 Å². The lowest BCUT2D eigenvalue weighted by atomic mass is 10.3. The maximum Gasteiger partial charge on any atom is 0.446 e. The van der Waals surface area contributed by atoms with Gasteiger partial charge in [-0.3, -0.25) is 9.59 Å². The van der Waals surface area contributed by atoms with Gasteiger partial charge in [-0.1, -0.05) is 0 Å². The fourth-order valence-electron chi connectivity index (χ4n) is 2.20. The third kappa shape index (κ3) is 4.80. The third-order valence-electron chi connectivity index (χ3n) is 3.37. The number of aromatic amines is 2. The lowest BCUT2D eigenvalue weighted by Crippen LogP contribution is -2.28. The molecule has 0 fully saturated rings. The fraction of sp³-hybridized carbons (Fsp3) is 0.125. The first-order valence-electron chi connectivity index (χ1n) is 7.38. The highest BCUT2D eigenvalue weighted by molar-refractivity contribution is 8.00. The molecular formula is C16H12F3N3O3S2. The molecule has 142 valence electrons. The van der Waals surface area contributed by atoms with Gasteiger partial charge in [-0.25, -0.2) is 0 Å². The monoisotopic (exact) mass is 415 g/mol. The minimum atomic E-state index is -4.33. The normalized spacial score (nSPS) is 11.6. The van der Waals surface area contributed by atoms with Gasteiger partial charge in [-0.2, -0.15) is 13.2 Å². The standard InChI is InChI=1S/C16H12F3N3O3S2/c1-25-12-6-10-11(21-15(24)14(23)20-10)7-13(12)27-22-8-2-4-9(5-3-8)26-16(17,18)19/h2-7,22H,1H3,(H,20,23)(H,21,24). The van der Waals surface area contributed by atoms with E-state index in [0.29, 0.717) is 27.4 Å². The van der Waals surface area contributed by atoms with Crippen molar-refractivity contribution in [3.63, 3.8) is 0 Å². The van der Waals surface area contributed by atoms with Gasteiger partial charge in [0.1, 0.15) is 5.75 Å². The number of hydrogen-bond acceptors (Lipinski definition) is 6. The number of H-pyrrole nitrogens is 2. The van der Waals surface area contributed by atoms with Crippen LogP contribution in [0.3, 0.4) is 0 Å². The highest BCUT2D eigenvalue weighted by atomic mass is 32.2. The molecule has 0 amide bonds. The topological polar surface area (TPSA) is 87.0 Å². The number of aromatic nitrogens is 2. The Bertz CT molecular complexity index is 1080. The molecule has 3 N–H and O–H groups in total. The molecule has 2 aromatic carbocycles. The Morgan fingerprint density at radius 2 is 1.59 bits per heavy atom. The van der Waals surface area contributed by atoms with Crippen LogP contribution >= 0.6 is 23.7 Å². The van der Waals surface area contributed by atoms with Crippen LogP contribution in [0.1, 0.15) is 0 Å². The third-order valence-corrected chi connectivity index (χ3v) is 4.99. The number of fused-ring (bicyclic) bond motifs is 1. The average Bonchev–Trinajstić information content (AvgIpc) is 2.60. The van der Waals surface area contributed by atoms with Crippen LogP contribution in [0.2, 0.25) is 0 Å². The summed E-state index contributed by atoms with van der Waals surface area (Å²) in [5, 5.41) is 0. The summed E-state index contributed by atoms with van der Waals surface area (Å²) in [5.41, 5.74) is -4.45. The molecule has 3 rings (SSSR count). The number of anilines is 1. The Kier molecular flexibility index (Phi) is 5.42. The number of benzene rings is 2. The largest absolute Gasteiger partial charge is 0.495 e. The van der Waals surface area contributed by atoms with Crippen LogP contribution in [-0.2, 0) is 0 Å². The van der Waals surface area contributed by atoms with Crippen LogP contribution in [0, 0.1) is 0 Å². The van der Waals surface area contributed by atoms with Gasteiger partial charge in [-0.05, 0) is 54.0 Å². The maximum absolute atomic E-state index is 12.4. The number of rotatable bonds is 5. The molecule has 0 atom stereocenters. The number of nitrogens with one attached hydrogen (secondary N) is 3. The molecular weight excluding hydrogens is 403 g/mol. The molecule has 1 aromatic heterocycles. The van der Waals surface area contributed by atoms with Gasteiger partial charge in [0, 0.05) is 16.6 Å². The summed E-state index contributed by atoms with van der Waals surface area (Å²) in [6.07, 6.45) is 0. The number of thioether (sulfide) groups is 1. The molecule has 0 spiro atoms. The van der Waals surface area contributed by atoms with E-state index in [2.05, 4.69) is 14.7 Å². The zero-order chi connectivity index (χ0) is 19.6. The van der Waals surface area contributed by atoms with E-state index < -0.39 is 16.6 Å². The van der Waals surface area contributed by atoms with Crippen molar-refractivity contribution >= 4 is 40.4 Å². The molecule has 0 bridgehead atoms. The first kappa shape index (κ1) is 19.2. The van der Waals surface area contributed by atoms with Crippen molar-refractivity contribution in [2.45, 2.75) is 15.3 Å². The highest BCUT2D eigenvalue weighted by Crippen LogP contribution is 2.38. The van der Waals surface area contributed by atoms with Crippen molar-refractivity contribution in [1.29, 1.82) is 0 Å². The van der Waals surface area contributed by atoms with E-state index in [-0.39, 0.29) is 16.7 Å². The number of methoxy groups -OCH3 is 1. The Hall–Kier alpha value is -2.53. The molecule has 11 heteroatoms. The minimum Gasteiger partial charge on any atom is -0.495 e. The molecule has 27 heavy (non-hydrogen) atoms. The number of ether oxygens (including phenoxy) is 1. The van der Waals surface area contributed by atoms with Crippen LogP contribution < -0.4 is 20.6 Å². The average molecular weight is 415 g/mol. The SMILES string of the molecule is COc1cc2[nH]c(=O)c(=O)[nH]c2cc1SNc1ccc(SC(F)(F)F)cc1. The van der Waals surface area contributed by atoms with E-state index in [9.17, 15) is 22.8 Å². The maximum atomic E-state index is 12.4. The highest BCUT2D eigenvalue weighted by Gasteiger charge is 2.29. The van der Waals surface area contributed by atoms with Crippen molar-refractivity contribution in [3.05, 3.63) is 57.1 Å². The molecule has 6 nitrogen and oxygen atoms in total. The van der Waals surface area contributed by atoms with Crippen molar-refractivity contribution in [2.24, 2.45) is 0 Å². The first-order valence-corrected chi connectivity index (χ1v) is 9.01. The van der Waals surface area contributed by atoms with E-state index >= 15 is 0 Å². The van der Waals surface area contributed by atoms with Gasteiger partial charge in [0.15, 0.2) is 0 Å². The van der Waals surface area contributed by atoms with E-state index in [1.807, 2.05) is 0 Å². The second kappa shape index (κ2) is 7.61. The number of hydrogen-bond donors (Lipinski definition) is 3. The molecule has 3 aromatic rings. The van der Waals surface area contributed by atoms with Gasteiger partial charge in [0.25, 0.3) is 0 Å². The predicted molar refractivity (Wildman–Crippen MR) is 99.6 cm³/mol. The zero-order valence-electron chi connectivity index (χ0n) is 13.6. The second-order valence-corrected chi connectivity index (χ2v) is 7.22. The lowest BCUT2D eigenvalue weighted by Gasteiger charge is -2.11. The van der Waals surface area contributed by atoms with Crippen LogP contribution in [0.15, 0.2) is 55.8 Å². The Labute approximate surface area is 158 Å². The fourth-order valence-corrected chi connectivity index (χ4v) is 3.53. The van der Waals surface area contributed by atoms with Crippen LogP contribution in [0.25, 0.3) is 11.0 Å². The lowest BCUT2D eigenvalue weighted by molar-refractivity contribution is -0.0328. The van der Waals surface area contributed by atoms with E-state index in [1.54, 1.807) is 12.1 Å². The Morgan fingerprint density at radius 3 is 2.15 bits per heavy atom. The van der Waals surface area contributed by atoms with Crippen molar-refractivity contribution in [2.75, 3.05) is 11.8 Å². The van der Waals surface area contributed by atoms with Crippen molar-refractivity contribution < 1.29 is 17.9 Å². The summed E-state index contributed by atoms with van der Waals surface area (Å²) in [7, 11) is 1.46. The van der Waals surface area contributed by atoms with Gasteiger partial charge in [0.05, 0.1) is 23.0 Å². The molecule has 0 saturated heterocycles. The molecule has 1 heterocycles. The van der Waals surface area contributed by atoms with Gasteiger partial charge in [0.2, 0.25) is 0 Å². The summed E-state index contributed by atoms with van der Waals surface area (Å²) in [6, 6.07) is 8.96. The van der Waals surface area contributed by atoms with Gasteiger partial charge in [-0.15, -0.1) is 0 Å². The summed E-state index contributed by atoms with van der Waals surface area (Å²) in [5.74, 6) is 0.451. The van der Waals surface area contributed by atoms with E-state index in [0.717, 1.165) is 11.9 Å². The smallest absolute Gasteiger partial charge is 0.446 e. The van der Waals surface area contributed by atoms with Crippen LogP contribution in [0.5, 0.6) is 5.75 Å². The van der Waals surface area contributed by atoms with Crippen molar-refractivity contribution in [1.82, 2.24) is 9.97 Å². The second-order valence-electron chi connectivity index (χ2n) is 5.23. The quantitative estimate of drug-likeness (QED) is 0.332. The molecule has 0 unspecified atom stereocenters. The van der Waals surface area contributed by atoms with Gasteiger partial charge < -0.3 is 19.4 Å². The molecule has 0 saturated carbocycles. The molecule has 0 aliphatic carbocycles. The van der Waals surface area contributed by atoms with Crippen LogP contribution in [-0.4, -0.2) is 22.6 Å². The summed E-state index contributed by atoms with van der Waals surface area (Å²) >= 11 is 0.967. The van der Waals surface area contributed by atoms with Crippen molar-refractivity contribution in [3.8, 4) is 5.75 Å².